The van der Waals surface area contributed by atoms with Gasteiger partial charge in [0.1, 0.15) is 5.75 Å². The average molecular weight is 466 g/mol. The number of hydrogen-bond acceptors (Lipinski definition) is 4. The highest BCUT2D eigenvalue weighted by atomic mass is 79.9. The lowest BCUT2D eigenvalue weighted by atomic mass is 9.88. The van der Waals surface area contributed by atoms with E-state index in [1.165, 1.54) is 0 Å². The molecule has 0 aromatic heterocycles. The molecule has 0 bridgehead atoms. The maximum absolute atomic E-state index is 13.5. The number of methoxy groups -OCH3 is 1. The lowest BCUT2D eigenvalue weighted by Gasteiger charge is -2.36. The number of rotatable bonds is 6. The third-order valence-electron chi connectivity index (χ3n) is 5.67. The molecule has 4 nitrogen and oxygen atoms in total. The Morgan fingerprint density at radius 1 is 1.21 bits per heavy atom. The van der Waals surface area contributed by atoms with Crippen LogP contribution in [0.4, 0.5) is 0 Å². The predicted octanol–water partition coefficient (Wildman–Crippen LogP) is 5.26. The highest BCUT2D eigenvalue weighted by molar-refractivity contribution is 9.10. The molecule has 0 aliphatic carbocycles. The minimum absolute atomic E-state index is 0.0949. The minimum atomic E-state index is -3.48. The second-order valence-electron chi connectivity index (χ2n) is 7.51. The number of hydrogen-bond donors (Lipinski definition) is 1. The molecular weight excluding hydrogens is 438 g/mol. The molecule has 1 aliphatic rings. The lowest BCUT2D eigenvalue weighted by Crippen LogP contribution is -2.50. The van der Waals surface area contributed by atoms with E-state index < -0.39 is 15.4 Å². The monoisotopic (exact) mass is 465 g/mol. The summed E-state index contributed by atoms with van der Waals surface area (Å²) in [4.78, 5) is 0.362. The van der Waals surface area contributed by atoms with Crippen LogP contribution < -0.4 is 10.1 Å². The van der Waals surface area contributed by atoms with Crippen LogP contribution in [0.3, 0.4) is 0 Å². The van der Waals surface area contributed by atoms with Crippen molar-refractivity contribution in [2.24, 2.45) is 0 Å². The number of halogens is 1. The van der Waals surface area contributed by atoms with Gasteiger partial charge in [-0.1, -0.05) is 57.0 Å². The summed E-state index contributed by atoms with van der Waals surface area (Å²) in [5, 5.41) is 3.77. The summed E-state index contributed by atoms with van der Waals surface area (Å²) >= 11 is 3.54. The summed E-state index contributed by atoms with van der Waals surface area (Å²) in [6.45, 7) is 4.21. The van der Waals surface area contributed by atoms with Gasteiger partial charge < -0.3 is 4.74 Å². The smallest absolute Gasteiger partial charge is 0.180 e. The Morgan fingerprint density at radius 2 is 1.93 bits per heavy atom. The van der Waals surface area contributed by atoms with Crippen molar-refractivity contribution in [1.82, 2.24) is 5.32 Å². The fourth-order valence-corrected chi connectivity index (χ4v) is 6.68. The van der Waals surface area contributed by atoms with Gasteiger partial charge in [-0.25, -0.2) is 8.42 Å². The second-order valence-corrected chi connectivity index (χ2v) is 10.3. The number of unbranched alkanes of at least 4 members (excludes halogenated alkanes) is 1. The molecule has 2 atom stereocenters. The van der Waals surface area contributed by atoms with Gasteiger partial charge in [-0.2, -0.15) is 0 Å². The molecule has 152 valence electrons. The van der Waals surface area contributed by atoms with E-state index in [-0.39, 0.29) is 11.8 Å². The standard InChI is InChI=1S/C22H28BrNO3S/c1-4-6-12-22(5-2)15-28(25,26)20-14-19(27-3)18(23)13-17(20)21(24-22)16-10-8-7-9-11-16/h7-11,13-14,21,24H,4-6,12,15H2,1-3H3/t21-,22-/m0/s1. The van der Waals surface area contributed by atoms with Gasteiger partial charge in [0.2, 0.25) is 0 Å². The highest BCUT2D eigenvalue weighted by Crippen LogP contribution is 2.41. The molecule has 0 unspecified atom stereocenters. The van der Waals surface area contributed by atoms with Crippen molar-refractivity contribution < 1.29 is 13.2 Å². The molecule has 0 amide bonds. The van der Waals surface area contributed by atoms with Gasteiger partial charge in [-0.15, -0.1) is 0 Å². The van der Waals surface area contributed by atoms with Crippen LogP contribution in [-0.2, 0) is 9.84 Å². The average Bonchev–Trinajstić information content (AvgIpc) is 2.79. The van der Waals surface area contributed by atoms with Crippen molar-refractivity contribution in [3.63, 3.8) is 0 Å². The van der Waals surface area contributed by atoms with E-state index in [4.69, 9.17) is 4.74 Å². The topological polar surface area (TPSA) is 55.4 Å². The first-order valence-corrected chi connectivity index (χ1v) is 12.2. The van der Waals surface area contributed by atoms with Crippen LogP contribution in [0.1, 0.15) is 56.7 Å². The lowest BCUT2D eigenvalue weighted by molar-refractivity contribution is 0.295. The maximum Gasteiger partial charge on any atom is 0.180 e. The Morgan fingerprint density at radius 3 is 2.54 bits per heavy atom. The van der Waals surface area contributed by atoms with Crippen molar-refractivity contribution in [3.8, 4) is 5.75 Å². The number of benzene rings is 2. The van der Waals surface area contributed by atoms with Gasteiger partial charge in [-0.05, 0) is 46.0 Å². The quantitative estimate of drug-likeness (QED) is 0.631. The number of ether oxygens (including phenoxy) is 1. The minimum Gasteiger partial charge on any atom is -0.496 e. The van der Waals surface area contributed by atoms with Gasteiger partial charge in [0.05, 0.1) is 28.3 Å². The molecule has 0 saturated carbocycles. The fraction of sp³-hybridized carbons (Fsp3) is 0.455. The zero-order valence-corrected chi connectivity index (χ0v) is 19.1. The Kier molecular flexibility index (Phi) is 6.52. The van der Waals surface area contributed by atoms with E-state index >= 15 is 0 Å². The fourth-order valence-electron chi connectivity index (χ4n) is 4.02. The van der Waals surface area contributed by atoms with Gasteiger partial charge in [-0.3, -0.25) is 5.32 Å². The molecule has 0 spiro atoms. The van der Waals surface area contributed by atoms with Crippen LogP contribution in [0.2, 0.25) is 0 Å². The molecule has 1 N–H and O–H groups in total. The van der Waals surface area contributed by atoms with Gasteiger partial charge >= 0.3 is 0 Å². The summed E-state index contributed by atoms with van der Waals surface area (Å²) in [7, 11) is -1.93. The first-order chi connectivity index (χ1) is 13.4. The number of sulfone groups is 1. The highest BCUT2D eigenvalue weighted by Gasteiger charge is 2.42. The van der Waals surface area contributed by atoms with Crippen molar-refractivity contribution in [1.29, 1.82) is 0 Å². The third kappa shape index (κ3) is 4.14. The Bertz CT molecular complexity index is 930. The molecule has 2 aromatic carbocycles. The maximum atomic E-state index is 13.5. The number of nitrogens with one attached hydrogen (secondary N) is 1. The molecule has 0 radical (unpaired) electrons. The summed E-state index contributed by atoms with van der Waals surface area (Å²) in [6, 6.07) is 13.4. The van der Waals surface area contributed by atoms with Gasteiger partial charge in [0.25, 0.3) is 0 Å². The molecule has 0 saturated heterocycles. The Hall–Kier alpha value is -1.37. The summed E-state index contributed by atoms with van der Waals surface area (Å²) in [5.41, 5.74) is 1.37. The molecule has 1 aliphatic heterocycles. The van der Waals surface area contributed by atoms with Gasteiger partial charge in [0.15, 0.2) is 9.84 Å². The summed E-state index contributed by atoms with van der Waals surface area (Å²) < 4.78 is 33.1. The summed E-state index contributed by atoms with van der Waals surface area (Å²) in [5.74, 6) is 0.629. The molecule has 3 rings (SSSR count). The van der Waals surface area contributed by atoms with Crippen molar-refractivity contribution in [2.45, 2.75) is 56.0 Å². The van der Waals surface area contributed by atoms with Crippen LogP contribution in [0.15, 0.2) is 51.8 Å². The SMILES string of the molecule is CCCC[C@@]1(CC)CS(=O)(=O)c2cc(OC)c(Br)cc2[C@H](c2ccccc2)N1. The zero-order chi connectivity index (χ0) is 20.4. The van der Waals surface area contributed by atoms with E-state index in [0.717, 1.165) is 41.3 Å². The van der Waals surface area contributed by atoms with Crippen LogP contribution in [0, 0.1) is 0 Å². The normalized spacial score (nSPS) is 23.6. The number of fused-ring (bicyclic) bond motifs is 1. The van der Waals surface area contributed by atoms with E-state index in [1.54, 1.807) is 13.2 Å². The molecule has 28 heavy (non-hydrogen) atoms. The molecule has 6 heteroatoms. The van der Waals surface area contributed by atoms with Crippen molar-refractivity contribution >= 4 is 25.8 Å². The van der Waals surface area contributed by atoms with E-state index in [1.807, 2.05) is 24.3 Å². The molecular formula is C22H28BrNO3S. The van der Waals surface area contributed by atoms with E-state index in [0.29, 0.717) is 10.6 Å². The second kappa shape index (κ2) is 8.56. The van der Waals surface area contributed by atoms with Crippen LogP contribution in [0.5, 0.6) is 5.75 Å². The van der Waals surface area contributed by atoms with Crippen molar-refractivity contribution in [3.05, 3.63) is 58.1 Å². The van der Waals surface area contributed by atoms with E-state index in [9.17, 15) is 8.42 Å². The van der Waals surface area contributed by atoms with Crippen molar-refractivity contribution in [2.75, 3.05) is 12.9 Å². The summed E-state index contributed by atoms with van der Waals surface area (Å²) in [6.07, 6.45) is 3.60. The Balaban J connectivity index is 2.25. The Labute approximate surface area is 176 Å². The zero-order valence-electron chi connectivity index (χ0n) is 16.7. The van der Waals surface area contributed by atoms with Crippen LogP contribution in [-0.4, -0.2) is 26.8 Å². The first-order valence-electron chi connectivity index (χ1n) is 9.78. The molecule has 2 aromatic rings. The first kappa shape index (κ1) is 21.3. The molecule has 0 fully saturated rings. The third-order valence-corrected chi connectivity index (χ3v) is 8.24. The largest absolute Gasteiger partial charge is 0.496 e. The molecule has 1 heterocycles. The van der Waals surface area contributed by atoms with E-state index in [2.05, 4.69) is 47.2 Å². The van der Waals surface area contributed by atoms with Crippen LogP contribution in [0.25, 0.3) is 0 Å². The predicted molar refractivity (Wildman–Crippen MR) is 117 cm³/mol. The van der Waals surface area contributed by atoms with Gasteiger partial charge in [0, 0.05) is 11.6 Å². The van der Waals surface area contributed by atoms with Crippen LogP contribution >= 0.6 is 15.9 Å².